The highest BCUT2D eigenvalue weighted by Gasteiger charge is 2.39. The Labute approximate surface area is 254 Å². The van der Waals surface area contributed by atoms with Crippen LogP contribution in [0.4, 0.5) is 23.1 Å². The highest BCUT2D eigenvalue weighted by atomic mass is 35.5. The predicted molar refractivity (Wildman–Crippen MR) is 169 cm³/mol. The minimum Gasteiger partial charge on any atom is -0.489 e. The van der Waals surface area contributed by atoms with E-state index in [1.54, 1.807) is 27.1 Å². The van der Waals surface area contributed by atoms with Crippen molar-refractivity contribution in [3.8, 4) is 5.75 Å². The lowest BCUT2D eigenvalue weighted by atomic mass is 9.72. The van der Waals surface area contributed by atoms with Crippen molar-refractivity contribution in [1.29, 1.82) is 0 Å². The van der Waals surface area contributed by atoms with E-state index in [4.69, 9.17) is 16.3 Å². The van der Waals surface area contributed by atoms with Crippen molar-refractivity contribution in [3.05, 3.63) is 40.7 Å². The highest BCUT2D eigenvalue weighted by molar-refractivity contribution is 7.92. The Morgan fingerprint density at radius 1 is 1.07 bits per heavy atom. The third-order valence-electron chi connectivity index (χ3n) is 7.29. The van der Waals surface area contributed by atoms with Crippen LogP contribution in [-0.2, 0) is 16.9 Å². The van der Waals surface area contributed by atoms with Gasteiger partial charge in [0, 0.05) is 24.3 Å². The van der Waals surface area contributed by atoms with Gasteiger partial charge in [-0.05, 0) is 104 Å². The Kier molecular flexibility index (Phi) is 8.89. The first-order valence-corrected chi connectivity index (χ1v) is 16.2. The van der Waals surface area contributed by atoms with Crippen LogP contribution in [0.1, 0.15) is 85.3 Å². The number of ether oxygens (including phenoxy) is 1. The maximum atomic E-state index is 12.9. The van der Waals surface area contributed by atoms with Crippen molar-refractivity contribution in [2.45, 2.75) is 109 Å². The number of anilines is 4. The van der Waals surface area contributed by atoms with Gasteiger partial charge in [-0.15, -0.1) is 0 Å². The van der Waals surface area contributed by atoms with E-state index in [1.165, 1.54) is 16.4 Å². The fourth-order valence-electron chi connectivity index (χ4n) is 5.89. The maximum absolute atomic E-state index is 12.9. The van der Waals surface area contributed by atoms with E-state index < -0.39 is 15.1 Å². The van der Waals surface area contributed by atoms with Gasteiger partial charge >= 0.3 is 0 Å². The van der Waals surface area contributed by atoms with Crippen molar-refractivity contribution >= 4 is 44.6 Å². The van der Waals surface area contributed by atoms with E-state index in [-0.39, 0.29) is 44.7 Å². The van der Waals surface area contributed by atoms with Crippen LogP contribution in [0.5, 0.6) is 5.75 Å². The van der Waals surface area contributed by atoms with Crippen LogP contribution in [0.25, 0.3) is 0 Å². The van der Waals surface area contributed by atoms with Crippen LogP contribution in [-0.4, -0.2) is 50.6 Å². The van der Waals surface area contributed by atoms with Gasteiger partial charge in [0.1, 0.15) is 10.8 Å². The minimum atomic E-state index is -3.65. The third kappa shape index (κ3) is 7.18. The molecule has 0 aliphatic carbocycles. The molecule has 0 amide bonds. The topological polar surface area (TPSA) is 123 Å². The summed E-state index contributed by atoms with van der Waals surface area (Å²) >= 11 is 6.44. The van der Waals surface area contributed by atoms with Gasteiger partial charge in [0.25, 0.3) is 0 Å². The monoisotopic (exact) mass is 617 g/mol. The lowest BCUT2D eigenvalue weighted by molar-refractivity contribution is 0.161. The smallest absolute Gasteiger partial charge is 0.229 e. The zero-order valence-corrected chi connectivity index (χ0v) is 27.8. The number of nitrogens with one attached hydrogen (secondary N) is 3. The van der Waals surface area contributed by atoms with E-state index in [9.17, 15) is 8.42 Å². The summed E-state index contributed by atoms with van der Waals surface area (Å²) in [6.07, 6.45) is 5.04. The fraction of sp³-hybridized carbons (Fsp3) is 0.567. The van der Waals surface area contributed by atoms with E-state index in [1.807, 2.05) is 13.8 Å². The summed E-state index contributed by atoms with van der Waals surface area (Å²) in [6.45, 7) is 18.4. The SMILES string of the molecule is Cc1cc(Nc2ncc(Cl)c(Nc3cn(C)nc3S(=O)(=O)C(C)C)n2)c(OC(C)C)cc1C1CC(C)(C)NC(C)(C)C1. The molecule has 1 saturated heterocycles. The van der Waals surface area contributed by atoms with Gasteiger partial charge in [-0.1, -0.05) is 11.6 Å². The molecule has 230 valence electrons. The molecule has 3 aromatic rings. The molecule has 1 aliphatic rings. The summed E-state index contributed by atoms with van der Waals surface area (Å²) in [7, 11) is -1.99. The summed E-state index contributed by atoms with van der Waals surface area (Å²) in [4.78, 5) is 8.96. The number of aromatic nitrogens is 4. The number of sulfone groups is 1. The first-order chi connectivity index (χ1) is 19.4. The standard InChI is InChI=1S/C30H44ClN7O3S/c1-17(2)41-25-12-21(20-13-29(6,7)37-30(8,9)14-20)19(5)11-23(25)34-28-32-15-22(31)26(35-28)33-24-16-38(10)36-27(24)42(39,40)18(3)4/h11-12,15-18,20,37H,13-14H2,1-10H3,(H2,32,33,34,35). The van der Waals surface area contributed by atoms with Gasteiger partial charge in [-0.2, -0.15) is 10.1 Å². The summed E-state index contributed by atoms with van der Waals surface area (Å²) in [5, 5.41) is 13.8. The van der Waals surface area contributed by atoms with E-state index in [2.05, 4.69) is 77.8 Å². The van der Waals surface area contributed by atoms with Crippen LogP contribution >= 0.6 is 11.6 Å². The van der Waals surface area contributed by atoms with Gasteiger partial charge < -0.3 is 20.7 Å². The first kappa shape index (κ1) is 32.0. The van der Waals surface area contributed by atoms with Crippen molar-refractivity contribution < 1.29 is 13.2 Å². The molecule has 4 rings (SSSR count). The number of rotatable bonds is 9. The zero-order valence-electron chi connectivity index (χ0n) is 26.3. The Morgan fingerprint density at radius 3 is 2.31 bits per heavy atom. The molecule has 1 fully saturated rings. The largest absolute Gasteiger partial charge is 0.489 e. The van der Waals surface area contributed by atoms with E-state index in [0.717, 1.165) is 24.1 Å². The molecule has 12 heteroatoms. The van der Waals surface area contributed by atoms with Gasteiger partial charge in [0.05, 0.1) is 28.9 Å². The second kappa shape index (κ2) is 11.7. The van der Waals surface area contributed by atoms with Gasteiger partial charge in [0.15, 0.2) is 5.82 Å². The lowest BCUT2D eigenvalue weighted by Crippen LogP contribution is -2.57. The molecule has 0 unspecified atom stereocenters. The lowest BCUT2D eigenvalue weighted by Gasteiger charge is -2.47. The molecule has 10 nitrogen and oxygen atoms in total. The van der Waals surface area contributed by atoms with Crippen molar-refractivity contribution in [2.75, 3.05) is 10.6 Å². The highest BCUT2D eigenvalue weighted by Crippen LogP contribution is 2.43. The number of hydrogen-bond acceptors (Lipinski definition) is 9. The molecule has 0 bridgehead atoms. The van der Waals surface area contributed by atoms with Gasteiger partial charge in [-0.25, -0.2) is 13.4 Å². The molecule has 2 aromatic heterocycles. The average Bonchev–Trinajstić information content (AvgIpc) is 3.21. The van der Waals surface area contributed by atoms with Crippen molar-refractivity contribution in [3.63, 3.8) is 0 Å². The van der Waals surface area contributed by atoms with Crippen LogP contribution in [0.3, 0.4) is 0 Å². The van der Waals surface area contributed by atoms with Crippen LogP contribution in [0, 0.1) is 6.92 Å². The fourth-order valence-corrected chi connectivity index (χ4v) is 7.12. The van der Waals surface area contributed by atoms with Gasteiger partial charge in [-0.3, -0.25) is 4.68 Å². The zero-order chi connectivity index (χ0) is 31.2. The minimum absolute atomic E-state index is 0.0119. The molecule has 1 aliphatic heterocycles. The molecular weight excluding hydrogens is 574 g/mol. The van der Waals surface area contributed by atoms with Gasteiger partial charge in [0.2, 0.25) is 20.8 Å². The number of hydrogen-bond donors (Lipinski definition) is 3. The molecule has 42 heavy (non-hydrogen) atoms. The van der Waals surface area contributed by atoms with Crippen LogP contribution < -0.4 is 20.7 Å². The Morgan fingerprint density at radius 2 is 1.71 bits per heavy atom. The summed E-state index contributed by atoms with van der Waals surface area (Å²) in [5.41, 5.74) is 3.47. The number of piperidine rings is 1. The molecule has 3 heterocycles. The Balaban J connectivity index is 1.68. The second-order valence-corrected chi connectivity index (χ2v) is 16.0. The Hall–Kier alpha value is -2.89. The number of benzene rings is 1. The number of aryl methyl sites for hydroxylation is 2. The van der Waals surface area contributed by atoms with Crippen LogP contribution in [0.15, 0.2) is 29.6 Å². The predicted octanol–water partition coefficient (Wildman–Crippen LogP) is 6.65. The Bertz CT molecular complexity index is 1550. The quantitative estimate of drug-likeness (QED) is 0.242. The maximum Gasteiger partial charge on any atom is 0.229 e. The van der Waals surface area contributed by atoms with Crippen molar-refractivity contribution in [1.82, 2.24) is 25.1 Å². The summed E-state index contributed by atoms with van der Waals surface area (Å²) in [5.74, 6) is 1.62. The summed E-state index contributed by atoms with van der Waals surface area (Å²) in [6, 6.07) is 4.22. The van der Waals surface area contributed by atoms with E-state index >= 15 is 0 Å². The molecule has 0 radical (unpaired) electrons. The molecular formula is C30H44ClN7O3S. The number of halogens is 1. The second-order valence-electron chi connectivity index (χ2n) is 13.1. The number of nitrogens with zero attached hydrogens (tertiary/aromatic N) is 4. The molecule has 0 spiro atoms. The first-order valence-electron chi connectivity index (χ1n) is 14.3. The van der Waals surface area contributed by atoms with Crippen LogP contribution in [0.2, 0.25) is 5.02 Å². The molecule has 3 N–H and O–H groups in total. The molecule has 0 saturated carbocycles. The normalized spacial score (nSPS) is 17.1. The van der Waals surface area contributed by atoms with E-state index in [0.29, 0.717) is 11.7 Å². The third-order valence-corrected chi connectivity index (χ3v) is 9.65. The molecule has 1 aromatic carbocycles. The average molecular weight is 618 g/mol. The van der Waals surface area contributed by atoms with Crippen molar-refractivity contribution in [2.24, 2.45) is 7.05 Å². The molecule has 0 atom stereocenters. The summed E-state index contributed by atoms with van der Waals surface area (Å²) < 4.78 is 33.5.